The van der Waals surface area contributed by atoms with Gasteiger partial charge in [-0.2, -0.15) is 0 Å². The van der Waals surface area contributed by atoms with Gasteiger partial charge in [-0.25, -0.2) is 4.98 Å². The number of benzene rings is 1. The summed E-state index contributed by atoms with van der Waals surface area (Å²) >= 11 is 5.79. The smallest absolute Gasteiger partial charge is 0.228 e. The number of nitrogens with zero attached hydrogens (tertiary/aromatic N) is 1. The van der Waals surface area contributed by atoms with E-state index in [0.29, 0.717) is 23.0 Å². The van der Waals surface area contributed by atoms with Crippen LogP contribution in [0.1, 0.15) is 5.56 Å². The average Bonchev–Trinajstić information content (AvgIpc) is 2.42. The van der Waals surface area contributed by atoms with Gasteiger partial charge in [-0.3, -0.25) is 4.79 Å². The average molecular weight is 277 g/mol. The number of rotatable bonds is 4. The predicted octanol–water partition coefficient (Wildman–Crippen LogP) is 2.92. The zero-order valence-corrected chi connectivity index (χ0v) is 11.1. The number of amides is 1. The lowest BCUT2D eigenvalue weighted by Crippen LogP contribution is -2.14. The number of hydrogen-bond donors (Lipinski definition) is 1. The number of hydrogen-bond acceptors (Lipinski definition) is 3. The van der Waals surface area contributed by atoms with Crippen molar-refractivity contribution in [3.05, 3.63) is 53.2 Å². The Morgan fingerprint density at radius 3 is 2.58 bits per heavy atom. The Bertz CT molecular complexity index is 553. The third-order valence-corrected chi connectivity index (χ3v) is 2.76. The van der Waals surface area contributed by atoms with Gasteiger partial charge in [0.25, 0.3) is 0 Å². The maximum atomic E-state index is 11.8. The Hall–Kier alpha value is -2.07. The summed E-state index contributed by atoms with van der Waals surface area (Å²) in [6.45, 7) is 0. The normalized spacial score (nSPS) is 10.0. The molecular weight excluding hydrogens is 264 g/mol. The SMILES string of the molecule is COc1ccc(NC(=O)Cc2ccc(Cl)cc2)cn1. The van der Waals surface area contributed by atoms with Crippen LogP contribution in [0.15, 0.2) is 42.6 Å². The summed E-state index contributed by atoms with van der Waals surface area (Å²) < 4.78 is 4.94. The fourth-order valence-electron chi connectivity index (χ4n) is 1.57. The molecule has 2 rings (SSSR count). The maximum absolute atomic E-state index is 11.8. The van der Waals surface area contributed by atoms with E-state index in [4.69, 9.17) is 16.3 Å². The second kappa shape index (κ2) is 6.20. The van der Waals surface area contributed by atoms with Gasteiger partial charge in [0.05, 0.1) is 25.4 Å². The fourth-order valence-corrected chi connectivity index (χ4v) is 1.69. The lowest BCUT2D eigenvalue weighted by atomic mass is 10.1. The zero-order chi connectivity index (χ0) is 13.7. The summed E-state index contributed by atoms with van der Waals surface area (Å²) in [6, 6.07) is 10.6. The molecule has 0 atom stereocenters. The van der Waals surface area contributed by atoms with Gasteiger partial charge in [-0.15, -0.1) is 0 Å². The second-order valence-corrected chi connectivity index (χ2v) is 4.38. The van der Waals surface area contributed by atoms with Crippen molar-refractivity contribution in [3.8, 4) is 5.88 Å². The molecule has 1 N–H and O–H groups in total. The molecule has 1 aromatic carbocycles. The number of methoxy groups -OCH3 is 1. The van der Waals surface area contributed by atoms with E-state index in [-0.39, 0.29) is 5.91 Å². The van der Waals surface area contributed by atoms with Crippen molar-refractivity contribution in [2.45, 2.75) is 6.42 Å². The summed E-state index contributed by atoms with van der Waals surface area (Å²) in [4.78, 5) is 15.8. The number of pyridine rings is 1. The van der Waals surface area contributed by atoms with Crippen LogP contribution in [0.4, 0.5) is 5.69 Å². The Balaban J connectivity index is 1.95. The Morgan fingerprint density at radius 1 is 1.26 bits per heavy atom. The first kappa shape index (κ1) is 13.4. The summed E-state index contributed by atoms with van der Waals surface area (Å²) in [5.41, 5.74) is 1.54. The minimum Gasteiger partial charge on any atom is -0.481 e. The molecule has 5 heteroatoms. The molecule has 0 radical (unpaired) electrons. The molecule has 0 fully saturated rings. The molecule has 0 unspecified atom stereocenters. The number of aromatic nitrogens is 1. The molecule has 98 valence electrons. The summed E-state index contributed by atoms with van der Waals surface area (Å²) in [6.07, 6.45) is 1.85. The van der Waals surface area contributed by atoms with Crippen molar-refractivity contribution in [2.24, 2.45) is 0 Å². The van der Waals surface area contributed by atoms with Gasteiger partial charge in [0.1, 0.15) is 0 Å². The molecule has 0 saturated carbocycles. The number of carbonyl (C=O) groups is 1. The van der Waals surface area contributed by atoms with E-state index in [9.17, 15) is 4.79 Å². The van der Waals surface area contributed by atoms with Gasteiger partial charge >= 0.3 is 0 Å². The van der Waals surface area contributed by atoms with Gasteiger partial charge < -0.3 is 10.1 Å². The van der Waals surface area contributed by atoms with Crippen LogP contribution in [-0.4, -0.2) is 18.0 Å². The van der Waals surface area contributed by atoms with Crippen molar-refractivity contribution < 1.29 is 9.53 Å². The van der Waals surface area contributed by atoms with E-state index in [1.807, 2.05) is 12.1 Å². The summed E-state index contributed by atoms with van der Waals surface area (Å²) in [5, 5.41) is 3.42. The van der Waals surface area contributed by atoms with Crippen LogP contribution in [0.25, 0.3) is 0 Å². The highest BCUT2D eigenvalue weighted by atomic mass is 35.5. The standard InChI is InChI=1S/C14H13ClN2O2/c1-19-14-7-6-12(9-16-14)17-13(18)8-10-2-4-11(15)5-3-10/h2-7,9H,8H2,1H3,(H,17,18). The van der Waals surface area contributed by atoms with E-state index < -0.39 is 0 Å². The molecule has 0 aliphatic rings. The molecule has 0 spiro atoms. The molecule has 0 aliphatic heterocycles. The first-order valence-electron chi connectivity index (χ1n) is 5.72. The summed E-state index contributed by atoms with van der Waals surface area (Å²) in [7, 11) is 1.54. The van der Waals surface area contributed by atoms with Gasteiger partial charge in [-0.1, -0.05) is 23.7 Å². The van der Waals surface area contributed by atoms with Crippen molar-refractivity contribution in [2.75, 3.05) is 12.4 Å². The van der Waals surface area contributed by atoms with Gasteiger partial charge in [0.15, 0.2) is 0 Å². The van der Waals surface area contributed by atoms with Crippen molar-refractivity contribution >= 4 is 23.2 Å². The highest BCUT2D eigenvalue weighted by Crippen LogP contribution is 2.13. The monoisotopic (exact) mass is 276 g/mol. The molecule has 0 bridgehead atoms. The summed E-state index contributed by atoms with van der Waals surface area (Å²) in [5.74, 6) is 0.407. The third-order valence-electron chi connectivity index (χ3n) is 2.51. The minimum absolute atomic E-state index is 0.103. The lowest BCUT2D eigenvalue weighted by molar-refractivity contribution is -0.115. The van der Waals surface area contributed by atoms with Crippen LogP contribution in [0.3, 0.4) is 0 Å². The highest BCUT2D eigenvalue weighted by Gasteiger charge is 2.04. The lowest BCUT2D eigenvalue weighted by Gasteiger charge is -2.06. The van der Waals surface area contributed by atoms with E-state index >= 15 is 0 Å². The first-order chi connectivity index (χ1) is 9.17. The molecule has 19 heavy (non-hydrogen) atoms. The zero-order valence-electron chi connectivity index (χ0n) is 10.4. The highest BCUT2D eigenvalue weighted by molar-refractivity contribution is 6.30. The van der Waals surface area contributed by atoms with E-state index in [1.54, 1.807) is 37.6 Å². The van der Waals surface area contributed by atoms with Crippen LogP contribution < -0.4 is 10.1 Å². The molecule has 1 aromatic heterocycles. The molecule has 0 aliphatic carbocycles. The quantitative estimate of drug-likeness (QED) is 0.934. The molecule has 0 saturated heterocycles. The topological polar surface area (TPSA) is 51.2 Å². The van der Waals surface area contributed by atoms with Crippen LogP contribution in [0, 0.1) is 0 Å². The number of anilines is 1. The largest absolute Gasteiger partial charge is 0.481 e. The Labute approximate surface area is 116 Å². The van der Waals surface area contributed by atoms with Crippen LogP contribution in [0.2, 0.25) is 5.02 Å². The molecule has 1 amide bonds. The van der Waals surface area contributed by atoms with Gasteiger partial charge in [-0.05, 0) is 23.8 Å². The van der Waals surface area contributed by atoms with E-state index in [1.165, 1.54) is 0 Å². The van der Waals surface area contributed by atoms with E-state index in [0.717, 1.165) is 5.56 Å². The third kappa shape index (κ3) is 3.96. The minimum atomic E-state index is -0.103. The number of ether oxygens (including phenoxy) is 1. The fraction of sp³-hybridized carbons (Fsp3) is 0.143. The number of halogens is 1. The second-order valence-electron chi connectivity index (χ2n) is 3.94. The molecular formula is C14H13ClN2O2. The first-order valence-corrected chi connectivity index (χ1v) is 6.09. The van der Waals surface area contributed by atoms with Crippen LogP contribution in [-0.2, 0) is 11.2 Å². The molecule has 4 nitrogen and oxygen atoms in total. The number of nitrogens with one attached hydrogen (secondary N) is 1. The molecule has 1 heterocycles. The van der Waals surface area contributed by atoms with Crippen molar-refractivity contribution in [3.63, 3.8) is 0 Å². The number of carbonyl (C=O) groups excluding carboxylic acids is 1. The van der Waals surface area contributed by atoms with Crippen molar-refractivity contribution in [1.82, 2.24) is 4.98 Å². The Morgan fingerprint density at radius 2 is 2.00 bits per heavy atom. The van der Waals surface area contributed by atoms with Gasteiger partial charge in [0, 0.05) is 11.1 Å². The van der Waals surface area contributed by atoms with Gasteiger partial charge in [0.2, 0.25) is 11.8 Å². The molecule has 2 aromatic rings. The van der Waals surface area contributed by atoms with Crippen molar-refractivity contribution in [1.29, 1.82) is 0 Å². The van der Waals surface area contributed by atoms with Crippen LogP contribution in [0.5, 0.6) is 5.88 Å². The van der Waals surface area contributed by atoms with Crippen LogP contribution >= 0.6 is 11.6 Å². The predicted molar refractivity (Wildman–Crippen MR) is 74.6 cm³/mol. The Kier molecular flexibility index (Phi) is 4.36. The van der Waals surface area contributed by atoms with E-state index in [2.05, 4.69) is 10.3 Å². The maximum Gasteiger partial charge on any atom is 0.228 e.